The maximum absolute atomic E-state index is 13.5. The Labute approximate surface area is 108 Å². The van der Waals surface area contributed by atoms with E-state index in [1.165, 1.54) is 11.3 Å². The van der Waals surface area contributed by atoms with Gasteiger partial charge in [-0.2, -0.15) is 0 Å². The van der Waals surface area contributed by atoms with E-state index < -0.39 is 0 Å². The molecule has 0 spiro atoms. The topological polar surface area (TPSA) is 15.3 Å². The first kappa shape index (κ1) is 12.7. The first-order valence-corrected chi connectivity index (χ1v) is 5.95. The van der Waals surface area contributed by atoms with Gasteiger partial charge in [0.1, 0.15) is 5.82 Å². The minimum atomic E-state index is -0.0702. The number of aryl methyl sites for hydroxylation is 1. The van der Waals surface area contributed by atoms with Crippen LogP contribution in [0.15, 0.2) is 12.1 Å². The molecular formula is C13H18ClFN2. The molecule has 2 nitrogen and oxygen atoms in total. The van der Waals surface area contributed by atoms with E-state index in [2.05, 4.69) is 17.1 Å². The molecule has 0 radical (unpaired) electrons. The zero-order chi connectivity index (χ0) is 11.3. The van der Waals surface area contributed by atoms with E-state index in [0.29, 0.717) is 12.1 Å². The van der Waals surface area contributed by atoms with E-state index in [-0.39, 0.29) is 18.2 Å². The molecule has 1 fully saturated rings. The third kappa shape index (κ3) is 1.91. The van der Waals surface area contributed by atoms with Crippen LogP contribution in [0, 0.1) is 12.7 Å². The van der Waals surface area contributed by atoms with Gasteiger partial charge in [-0.1, -0.05) is 0 Å². The van der Waals surface area contributed by atoms with Gasteiger partial charge in [-0.3, -0.25) is 0 Å². The molecule has 2 atom stereocenters. The third-order valence-electron chi connectivity index (χ3n) is 3.78. The van der Waals surface area contributed by atoms with Gasteiger partial charge < -0.3 is 10.2 Å². The molecule has 2 aliphatic heterocycles. The number of fused-ring (bicyclic) bond motifs is 3. The van der Waals surface area contributed by atoms with E-state index in [1.54, 1.807) is 6.07 Å². The van der Waals surface area contributed by atoms with Crippen molar-refractivity contribution in [2.75, 3.05) is 18.0 Å². The van der Waals surface area contributed by atoms with Gasteiger partial charge in [0.05, 0.1) is 0 Å². The van der Waals surface area contributed by atoms with Crippen LogP contribution in [0.3, 0.4) is 0 Å². The number of piperazine rings is 1. The van der Waals surface area contributed by atoms with Crippen molar-refractivity contribution in [3.05, 3.63) is 29.1 Å². The van der Waals surface area contributed by atoms with Crippen LogP contribution < -0.4 is 10.2 Å². The lowest BCUT2D eigenvalue weighted by atomic mass is 10.1. The summed E-state index contributed by atoms with van der Waals surface area (Å²) in [5, 5.41) is 3.43. The number of benzene rings is 1. The Morgan fingerprint density at radius 1 is 1.35 bits per heavy atom. The van der Waals surface area contributed by atoms with Gasteiger partial charge in [0.2, 0.25) is 0 Å². The SMILES string of the molecule is Cc1cc2c(cc1F)C[C@H]1CNC[C@@H](C)N21.Cl. The maximum Gasteiger partial charge on any atom is 0.126 e. The van der Waals surface area contributed by atoms with Gasteiger partial charge in [0.15, 0.2) is 0 Å². The Hall–Kier alpha value is -0.800. The second-order valence-electron chi connectivity index (χ2n) is 5.00. The molecule has 0 saturated carbocycles. The Morgan fingerprint density at radius 2 is 2.12 bits per heavy atom. The number of hydrogen-bond acceptors (Lipinski definition) is 2. The predicted molar refractivity (Wildman–Crippen MR) is 70.7 cm³/mol. The number of nitrogens with one attached hydrogen (secondary N) is 1. The summed E-state index contributed by atoms with van der Waals surface area (Å²) in [4.78, 5) is 2.46. The molecule has 0 aromatic heterocycles. The molecular weight excluding hydrogens is 239 g/mol. The second kappa shape index (κ2) is 4.46. The van der Waals surface area contributed by atoms with Crippen molar-refractivity contribution in [2.45, 2.75) is 32.4 Å². The van der Waals surface area contributed by atoms with Gasteiger partial charge in [0.25, 0.3) is 0 Å². The van der Waals surface area contributed by atoms with Crippen molar-refractivity contribution in [2.24, 2.45) is 0 Å². The van der Waals surface area contributed by atoms with E-state index in [4.69, 9.17) is 0 Å². The number of hydrogen-bond donors (Lipinski definition) is 1. The molecule has 2 heterocycles. The Balaban J connectivity index is 0.00000108. The highest BCUT2D eigenvalue weighted by Crippen LogP contribution is 2.36. The molecule has 1 aromatic rings. The van der Waals surface area contributed by atoms with E-state index in [9.17, 15) is 4.39 Å². The van der Waals surface area contributed by atoms with Crippen LogP contribution in [0.4, 0.5) is 10.1 Å². The summed E-state index contributed by atoms with van der Waals surface area (Å²) < 4.78 is 13.5. The van der Waals surface area contributed by atoms with Crippen molar-refractivity contribution >= 4 is 18.1 Å². The lowest BCUT2D eigenvalue weighted by Gasteiger charge is -2.38. The summed E-state index contributed by atoms with van der Waals surface area (Å²) in [6.45, 7) is 6.11. The van der Waals surface area contributed by atoms with Gasteiger partial charge in [0, 0.05) is 30.9 Å². The number of anilines is 1. The highest BCUT2D eigenvalue weighted by atomic mass is 35.5. The summed E-state index contributed by atoms with van der Waals surface area (Å²) in [6.07, 6.45) is 0.976. The maximum atomic E-state index is 13.5. The van der Waals surface area contributed by atoms with Gasteiger partial charge in [-0.15, -0.1) is 12.4 Å². The summed E-state index contributed by atoms with van der Waals surface area (Å²) >= 11 is 0. The van der Waals surface area contributed by atoms with Crippen LogP contribution in [0.2, 0.25) is 0 Å². The van der Waals surface area contributed by atoms with Gasteiger partial charge in [-0.05, 0) is 43.5 Å². The van der Waals surface area contributed by atoms with Crippen LogP contribution >= 0.6 is 12.4 Å². The predicted octanol–water partition coefficient (Wildman–Crippen LogP) is 2.28. The van der Waals surface area contributed by atoms with Gasteiger partial charge >= 0.3 is 0 Å². The van der Waals surface area contributed by atoms with Crippen molar-refractivity contribution in [3.63, 3.8) is 0 Å². The fraction of sp³-hybridized carbons (Fsp3) is 0.538. The molecule has 0 aliphatic carbocycles. The standard InChI is InChI=1S/C13H17FN2.ClH/c1-8-3-13-10(5-12(8)14)4-11-7-15-6-9(2)16(11)13;/h3,5,9,11,15H,4,6-7H2,1-2H3;1H/t9-,11+;/m1./s1. The lowest BCUT2D eigenvalue weighted by Crippen LogP contribution is -2.54. The van der Waals surface area contributed by atoms with Crippen LogP contribution in [-0.2, 0) is 6.42 Å². The summed E-state index contributed by atoms with van der Waals surface area (Å²) in [7, 11) is 0. The number of halogens is 2. The van der Waals surface area contributed by atoms with Crippen LogP contribution in [0.25, 0.3) is 0 Å². The quantitative estimate of drug-likeness (QED) is 0.766. The second-order valence-corrected chi connectivity index (χ2v) is 5.00. The largest absolute Gasteiger partial charge is 0.363 e. The summed E-state index contributed by atoms with van der Waals surface area (Å²) in [6, 6.07) is 4.74. The third-order valence-corrected chi connectivity index (χ3v) is 3.78. The lowest BCUT2D eigenvalue weighted by molar-refractivity contribution is 0.430. The first-order chi connectivity index (χ1) is 7.66. The molecule has 2 aliphatic rings. The minimum absolute atomic E-state index is 0. The van der Waals surface area contributed by atoms with E-state index in [0.717, 1.165) is 25.1 Å². The van der Waals surface area contributed by atoms with Crippen molar-refractivity contribution in [3.8, 4) is 0 Å². The van der Waals surface area contributed by atoms with Crippen LogP contribution in [0.1, 0.15) is 18.1 Å². The Kier molecular flexibility index (Phi) is 3.32. The number of nitrogens with zero attached hydrogens (tertiary/aromatic N) is 1. The van der Waals surface area contributed by atoms with Crippen molar-refractivity contribution in [1.29, 1.82) is 0 Å². The van der Waals surface area contributed by atoms with Crippen molar-refractivity contribution in [1.82, 2.24) is 5.32 Å². The van der Waals surface area contributed by atoms with Gasteiger partial charge in [-0.25, -0.2) is 4.39 Å². The van der Waals surface area contributed by atoms with Crippen LogP contribution in [-0.4, -0.2) is 25.2 Å². The van der Waals surface area contributed by atoms with E-state index >= 15 is 0 Å². The van der Waals surface area contributed by atoms with E-state index in [1.807, 2.05) is 13.0 Å². The number of rotatable bonds is 0. The monoisotopic (exact) mass is 256 g/mol. The molecule has 1 saturated heterocycles. The fourth-order valence-corrected chi connectivity index (χ4v) is 2.99. The normalized spacial score (nSPS) is 26.2. The summed E-state index contributed by atoms with van der Waals surface area (Å²) in [5.74, 6) is -0.0702. The Morgan fingerprint density at radius 3 is 2.88 bits per heavy atom. The highest BCUT2D eigenvalue weighted by Gasteiger charge is 2.35. The highest BCUT2D eigenvalue weighted by molar-refractivity contribution is 5.85. The summed E-state index contributed by atoms with van der Waals surface area (Å²) in [5.41, 5.74) is 3.17. The van der Waals surface area contributed by atoms with Crippen LogP contribution in [0.5, 0.6) is 0 Å². The smallest absolute Gasteiger partial charge is 0.126 e. The minimum Gasteiger partial charge on any atom is -0.363 e. The zero-order valence-electron chi connectivity index (χ0n) is 10.2. The zero-order valence-corrected chi connectivity index (χ0v) is 11.0. The fourth-order valence-electron chi connectivity index (χ4n) is 2.99. The average molecular weight is 257 g/mol. The average Bonchev–Trinajstić information content (AvgIpc) is 2.58. The molecule has 1 N–H and O–H groups in total. The Bertz CT molecular complexity index is 436. The molecule has 94 valence electrons. The molecule has 0 unspecified atom stereocenters. The molecule has 4 heteroatoms. The molecule has 0 bridgehead atoms. The van der Waals surface area contributed by atoms with Crippen molar-refractivity contribution < 1.29 is 4.39 Å². The molecule has 17 heavy (non-hydrogen) atoms. The molecule has 1 aromatic carbocycles. The molecule has 3 rings (SSSR count). The first-order valence-electron chi connectivity index (χ1n) is 5.95. The molecule has 0 amide bonds.